The molecule has 8 heteroatoms. The number of aldehydes is 1. The lowest BCUT2D eigenvalue weighted by Gasteiger charge is -2.13. The fourth-order valence-electron chi connectivity index (χ4n) is 1.75. The van der Waals surface area contributed by atoms with Gasteiger partial charge in [0.25, 0.3) is 0 Å². The van der Waals surface area contributed by atoms with Crippen LogP contribution in [0.2, 0.25) is 0 Å². The molecular weight excluding hydrogens is 280 g/mol. The van der Waals surface area contributed by atoms with E-state index < -0.39 is 23.9 Å². The van der Waals surface area contributed by atoms with E-state index in [0.717, 1.165) is 0 Å². The van der Waals surface area contributed by atoms with Crippen LogP contribution < -0.4 is 5.32 Å². The number of aryl methyl sites for hydroxylation is 1. The Bertz CT molecular complexity index is 537. The van der Waals surface area contributed by atoms with Crippen molar-refractivity contribution in [2.75, 3.05) is 0 Å². The van der Waals surface area contributed by atoms with E-state index in [1.165, 1.54) is 0 Å². The highest BCUT2D eigenvalue weighted by atomic mass is 16.4. The monoisotopic (exact) mass is 296 g/mol. The predicted octanol–water partition coefficient (Wildman–Crippen LogP) is 0.125. The second-order valence-electron chi connectivity index (χ2n) is 4.39. The van der Waals surface area contributed by atoms with Crippen LogP contribution in [0.4, 0.5) is 0 Å². The number of carbonyl (C=O) groups is 4. The molecule has 1 aromatic rings. The van der Waals surface area contributed by atoms with Gasteiger partial charge in [0, 0.05) is 25.6 Å². The van der Waals surface area contributed by atoms with Gasteiger partial charge in [0.1, 0.15) is 6.04 Å². The SMILES string of the molecule is O=Cc1cccn1CCC(=O)NC(CCC(=O)O)C(=O)O. The first kappa shape index (κ1) is 16.4. The molecule has 0 fully saturated rings. The molecule has 0 bridgehead atoms. The topological polar surface area (TPSA) is 126 Å². The van der Waals surface area contributed by atoms with Gasteiger partial charge in [-0.05, 0) is 18.6 Å². The van der Waals surface area contributed by atoms with Crippen molar-refractivity contribution in [3.05, 3.63) is 24.0 Å². The number of aliphatic carboxylic acids is 2. The molecule has 1 atom stereocenters. The van der Waals surface area contributed by atoms with Gasteiger partial charge in [-0.3, -0.25) is 14.4 Å². The highest BCUT2D eigenvalue weighted by molar-refractivity contribution is 5.84. The minimum absolute atomic E-state index is 0.00757. The highest BCUT2D eigenvalue weighted by Gasteiger charge is 2.20. The van der Waals surface area contributed by atoms with Crippen LogP contribution in [0.3, 0.4) is 0 Å². The van der Waals surface area contributed by atoms with Crippen molar-refractivity contribution >= 4 is 24.1 Å². The molecule has 0 saturated heterocycles. The molecule has 0 aliphatic rings. The summed E-state index contributed by atoms with van der Waals surface area (Å²) in [7, 11) is 0. The number of aromatic nitrogens is 1. The fraction of sp³-hybridized carbons (Fsp3) is 0.385. The number of carboxylic acids is 2. The molecule has 0 aliphatic heterocycles. The Balaban J connectivity index is 2.48. The molecule has 0 radical (unpaired) electrons. The predicted molar refractivity (Wildman–Crippen MR) is 70.9 cm³/mol. The molecule has 3 N–H and O–H groups in total. The van der Waals surface area contributed by atoms with Crippen LogP contribution in [0.25, 0.3) is 0 Å². The average molecular weight is 296 g/mol. The van der Waals surface area contributed by atoms with Crippen molar-refractivity contribution in [1.82, 2.24) is 9.88 Å². The number of hydrogen-bond acceptors (Lipinski definition) is 4. The second-order valence-corrected chi connectivity index (χ2v) is 4.39. The van der Waals surface area contributed by atoms with Crippen LogP contribution >= 0.6 is 0 Å². The summed E-state index contributed by atoms with van der Waals surface area (Å²) in [5, 5.41) is 19.7. The first-order valence-corrected chi connectivity index (χ1v) is 6.28. The third-order valence-corrected chi connectivity index (χ3v) is 2.85. The van der Waals surface area contributed by atoms with Crippen LogP contribution in [-0.2, 0) is 20.9 Å². The molecule has 1 rings (SSSR count). The van der Waals surface area contributed by atoms with E-state index >= 15 is 0 Å². The van der Waals surface area contributed by atoms with Gasteiger partial charge in [0.15, 0.2) is 6.29 Å². The summed E-state index contributed by atoms with van der Waals surface area (Å²) in [5.74, 6) is -2.92. The van der Waals surface area contributed by atoms with E-state index in [0.29, 0.717) is 12.0 Å². The van der Waals surface area contributed by atoms with Crippen LogP contribution in [0.1, 0.15) is 29.8 Å². The van der Waals surface area contributed by atoms with Gasteiger partial charge < -0.3 is 20.1 Å². The lowest BCUT2D eigenvalue weighted by molar-refractivity contribution is -0.143. The zero-order valence-electron chi connectivity index (χ0n) is 11.2. The summed E-state index contributed by atoms with van der Waals surface area (Å²) in [6.45, 7) is 0.234. The largest absolute Gasteiger partial charge is 0.481 e. The maximum absolute atomic E-state index is 11.7. The summed E-state index contributed by atoms with van der Waals surface area (Å²) in [5.41, 5.74) is 0.420. The number of rotatable bonds is 9. The van der Waals surface area contributed by atoms with Crippen molar-refractivity contribution < 1.29 is 29.4 Å². The number of carbonyl (C=O) groups excluding carboxylic acids is 2. The number of amides is 1. The molecule has 0 aromatic carbocycles. The van der Waals surface area contributed by atoms with Crippen LogP contribution in [0.15, 0.2) is 18.3 Å². The normalized spacial score (nSPS) is 11.6. The number of nitrogens with one attached hydrogen (secondary N) is 1. The molecule has 1 heterocycles. The van der Waals surface area contributed by atoms with E-state index in [4.69, 9.17) is 10.2 Å². The van der Waals surface area contributed by atoms with Gasteiger partial charge in [-0.25, -0.2) is 4.79 Å². The van der Waals surface area contributed by atoms with E-state index in [-0.39, 0.29) is 25.8 Å². The number of nitrogens with zero attached hydrogens (tertiary/aromatic N) is 1. The molecule has 1 aromatic heterocycles. The smallest absolute Gasteiger partial charge is 0.326 e. The Kier molecular flexibility index (Phi) is 6.12. The Labute approximate surface area is 120 Å². The Morgan fingerprint density at radius 2 is 2.00 bits per heavy atom. The van der Waals surface area contributed by atoms with Crippen molar-refractivity contribution in [2.24, 2.45) is 0 Å². The third-order valence-electron chi connectivity index (χ3n) is 2.85. The zero-order valence-corrected chi connectivity index (χ0v) is 11.2. The molecule has 0 saturated carbocycles. The molecule has 8 nitrogen and oxygen atoms in total. The molecule has 0 aliphatic carbocycles. The van der Waals surface area contributed by atoms with Gasteiger partial charge >= 0.3 is 11.9 Å². The van der Waals surface area contributed by atoms with E-state index in [1.807, 2.05) is 0 Å². The zero-order chi connectivity index (χ0) is 15.8. The minimum Gasteiger partial charge on any atom is -0.481 e. The summed E-state index contributed by atoms with van der Waals surface area (Å²) in [4.78, 5) is 43.7. The maximum Gasteiger partial charge on any atom is 0.326 e. The maximum atomic E-state index is 11.7. The van der Waals surface area contributed by atoms with Gasteiger partial charge in [-0.2, -0.15) is 0 Å². The quantitative estimate of drug-likeness (QED) is 0.556. The molecule has 114 valence electrons. The van der Waals surface area contributed by atoms with E-state index in [2.05, 4.69) is 5.32 Å². The van der Waals surface area contributed by atoms with Crippen LogP contribution in [-0.4, -0.2) is 45.0 Å². The van der Waals surface area contributed by atoms with Crippen molar-refractivity contribution in [3.8, 4) is 0 Å². The first-order valence-electron chi connectivity index (χ1n) is 6.28. The first-order chi connectivity index (χ1) is 9.93. The summed E-state index contributed by atoms with van der Waals surface area (Å²) < 4.78 is 1.57. The molecule has 1 amide bonds. The Hall–Kier alpha value is -2.64. The number of hydrogen-bond donors (Lipinski definition) is 3. The molecular formula is C13H16N2O6. The van der Waals surface area contributed by atoms with Crippen LogP contribution in [0.5, 0.6) is 0 Å². The van der Waals surface area contributed by atoms with Crippen molar-refractivity contribution in [2.45, 2.75) is 31.8 Å². The van der Waals surface area contributed by atoms with Gasteiger partial charge in [-0.1, -0.05) is 0 Å². The summed E-state index contributed by atoms with van der Waals surface area (Å²) in [6.07, 6.45) is 1.76. The van der Waals surface area contributed by atoms with Crippen LogP contribution in [0, 0.1) is 0 Å². The van der Waals surface area contributed by atoms with Crippen molar-refractivity contribution in [3.63, 3.8) is 0 Å². The van der Waals surface area contributed by atoms with E-state index in [9.17, 15) is 19.2 Å². The Morgan fingerprint density at radius 3 is 2.57 bits per heavy atom. The average Bonchev–Trinajstić information content (AvgIpc) is 2.88. The minimum atomic E-state index is -1.28. The standard InChI is InChI=1S/C13H16N2O6/c16-8-9-2-1-6-15(9)7-5-11(17)14-10(13(20)21)3-4-12(18)19/h1-2,6,8,10H,3-5,7H2,(H,14,17)(H,18,19)(H,20,21). The summed E-state index contributed by atoms with van der Waals surface area (Å²) >= 11 is 0. The molecule has 1 unspecified atom stereocenters. The molecule has 0 spiro atoms. The van der Waals surface area contributed by atoms with Crippen molar-refractivity contribution in [1.29, 1.82) is 0 Å². The second kappa shape index (κ2) is 7.83. The van der Waals surface area contributed by atoms with Gasteiger partial charge in [-0.15, -0.1) is 0 Å². The van der Waals surface area contributed by atoms with E-state index in [1.54, 1.807) is 22.9 Å². The lowest BCUT2D eigenvalue weighted by Crippen LogP contribution is -2.41. The summed E-state index contributed by atoms with van der Waals surface area (Å²) in [6, 6.07) is 2.02. The fourth-order valence-corrected chi connectivity index (χ4v) is 1.75. The Morgan fingerprint density at radius 1 is 1.29 bits per heavy atom. The third kappa shape index (κ3) is 5.47. The highest BCUT2D eigenvalue weighted by Crippen LogP contribution is 2.02. The van der Waals surface area contributed by atoms with Gasteiger partial charge in [0.2, 0.25) is 5.91 Å². The lowest BCUT2D eigenvalue weighted by atomic mass is 10.1. The molecule has 21 heavy (non-hydrogen) atoms. The number of carboxylic acid groups (broad SMARTS) is 2. The van der Waals surface area contributed by atoms with Gasteiger partial charge in [0.05, 0.1) is 5.69 Å².